The van der Waals surface area contributed by atoms with Crippen LogP contribution >= 0.6 is 0 Å². The van der Waals surface area contributed by atoms with E-state index in [9.17, 15) is 4.39 Å². The van der Waals surface area contributed by atoms with Gasteiger partial charge in [-0.25, -0.2) is 19.3 Å². The fourth-order valence-electron chi connectivity index (χ4n) is 2.73. The van der Waals surface area contributed by atoms with E-state index < -0.39 is 0 Å². The average molecular weight is 324 g/mol. The third-order valence-corrected chi connectivity index (χ3v) is 3.88. The lowest BCUT2D eigenvalue weighted by molar-refractivity contribution is 0.355. The molecule has 0 fully saturated rings. The summed E-state index contributed by atoms with van der Waals surface area (Å²) >= 11 is 0. The molecular weight excluding hydrogens is 311 g/mol. The molecule has 0 aliphatic rings. The van der Waals surface area contributed by atoms with Crippen LogP contribution in [0.25, 0.3) is 27.8 Å². The van der Waals surface area contributed by atoms with Crippen molar-refractivity contribution in [3.63, 3.8) is 0 Å². The third-order valence-electron chi connectivity index (χ3n) is 3.88. The minimum Gasteiger partial charge on any atom is -0.493 e. The molecule has 0 bridgehead atoms. The molecular formula is C17H13FN4O2. The van der Waals surface area contributed by atoms with Crippen molar-refractivity contribution in [2.45, 2.75) is 0 Å². The van der Waals surface area contributed by atoms with E-state index >= 15 is 0 Å². The molecule has 0 saturated carbocycles. The van der Waals surface area contributed by atoms with Gasteiger partial charge in [0.1, 0.15) is 29.8 Å². The second-order valence-electron chi connectivity index (χ2n) is 5.14. The summed E-state index contributed by atoms with van der Waals surface area (Å²) in [6.45, 7) is 0. The van der Waals surface area contributed by atoms with Gasteiger partial charge < -0.3 is 9.47 Å². The van der Waals surface area contributed by atoms with Crippen molar-refractivity contribution in [1.29, 1.82) is 0 Å². The molecule has 0 aliphatic heterocycles. The first-order valence-electron chi connectivity index (χ1n) is 7.21. The van der Waals surface area contributed by atoms with Crippen LogP contribution in [0.4, 0.5) is 4.39 Å². The van der Waals surface area contributed by atoms with Crippen LogP contribution in [0, 0.1) is 5.82 Å². The van der Waals surface area contributed by atoms with Crippen LogP contribution in [-0.2, 0) is 0 Å². The fraction of sp³-hybridized carbons (Fsp3) is 0.118. The van der Waals surface area contributed by atoms with Gasteiger partial charge in [0.15, 0.2) is 11.5 Å². The topological polar surface area (TPSA) is 62.1 Å². The standard InChI is InChI=1S/C17H13FN4O2/c1-23-14-6-12-13(7-15(14)24-2)22(9-21-12)17-10-4-3-5-11(18)16(10)19-8-20-17/h3-9H,1-2H3. The van der Waals surface area contributed by atoms with E-state index in [4.69, 9.17) is 9.47 Å². The molecule has 120 valence electrons. The summed E-state index contributed by atoms with van der Waals surface area (Å²) in [4.78, 5) is 12.7. The predicted octanol–water partition coefficient (Wildman–Crippen LogP) is 3.13. The molecule has 0 atom stereocenters. The van der Waals surface area contributed by atoms with Crippen LogP contribution in [0.5, 0.6) is 11.5 Å². The van der Waals surface area contributed by atoms with Gasteiger partial charge in [-0.05, 0) is 12.1 Å². The Bertz CT molecular complexity index is 1060. The maximum Gasteiger partial charge on any atom is 0.163 e. The Balaban J connectivity index is 2.02. The monoisotopic (exact) mass is 324 g/mol. The predicted molar refractivity (Wildman–Crippen MR) is 87.2 cm³/mol. The van der Waals surface area contributed by atoms with Crippen LogP contribution in [0.1, 0.15) is 0 Å². The lowest BCUT2D eigenvalue weighted by atomic mass is 10.2. The van der Waals surface area contributed by atoms with Gasteiger partial charge in [0.25, 0.3) is 0 Å². The zero-order valence-corrected chi connectivity index (χ0v) is 13.0. The van der Waals surface area contributed by atoms with Crippen molar-refractivity contribution in [3.8, 4) is 17.3 Å². The molecule has 24 heavy (non-hydrogen) atoms. The van der Waals surface area contributed by atoms with Crippen molar-refractivity contribution in [2.24, 2.45) is 0 Å². The van der Waals surface area contributed by atoms with Crippen LogP contribution in [0.2, 0.25) is 0 Å². The van der Waals surface area contributed by atoms with Crippen molar-refractivity contribution in [3.05, 3.63) is 48.8 Å². The van der Waals surface area contributed by atoms with Gasteiger partial charge in [-0.1, -0.05) is 6.07 Å². The van der Waals surface area contributed by atoms with E-state index in [0.29, 0.717) is 22.7 Å². The maximum atomic E-state index is 14.0. The molecule has 0 radical (unpaired) electrons. The first kappa shape index (κ1) is 14.4. The number of ether oxygens (including phenoxy) is 2. The molecule has 4 aromatic rings. The van der Waals surface area contributed by atoms with Crippen LogP contribution in [-0.4, -0.2) is 33.7 Å². The molecule has 2 heterocycles. The number of aromatic nitrogens is 4. The second-order valence-corrected chi connectivity index (χ2v) is 5.14. The molecule has 0 saturated heterocycles. The summed E-state index contributed by atoms with van der Waals surface area (Å²) in [5.41, 5.74) is 1.76. The number of benzene rings is 2. The molecule has 0 amide bonds. The molecule has 0 N–H and O–H groups in total. The lowest BCUT2D eigenvalue weighted by Gasteiger charge is -2.10. The first-order valence-corrected chi connectivity index (χ1v) is 7.21. The number of nitrogens with zero attached hydrogens (tertiary/aromatic N) is 4. The van der Waals surface area contributed by atoms with Crippen molar-refractivity contribution in [1.82, 2.24) is 19.5 Å². The number of hydrogen-bond acceptors (Lipinski definition) is 5. The van der Waals surface area contributed by atoms with E-state index in [1.165, 1.54) is 12.4 Å². The zero-order valence-electron chi connectivity index (χ0n) is 13.0. The highest BCUT2D eigenvalue weighted by Crippen LogP contribution is 2.33. The molecule has 4 rings (SSSR count). The summed E-state index contributed by atoms with van der Waals surface area (Å²) in [5.74, 6) is 1.33. The molecule has 2 aromatic heterocycles. The molecule has 0 aliphatic carbocycles. The highest BCUT2D eigenvalue weighted by Gasteiger charge is 2.15. The SMILES string of the molecule is COc1cc2ncn(-c3ncnc4c(F)cccc34)c2cc1OC. The number of hydrogen-bond donors (Lipinski definition) is 0. The lowest BCUT2D eigenvalue weighted by Crippen LogP contribution is -2.00. The largest absolute Gasteiger partial charge is 0.493 e. The first-order chi connectivity index (χ1) is 11.7. The van der Waals surface area contributed by atoms with E-state index in [2.05, 4.69) is 15.0 Å². The summed E-state index contributed by atoms with van der Waals surface area (Å²) in [5, 5.41) is 0.603. The normalized spacial score (nSPS) is 11.1. The van der Waals surface area contributed by atoms with Crippen molar-refractivity contribution in [2.75, 3.05) is 14.2 Å². The van der Waals surface area contributed by atoms with Crippen LogP contribution in [0.3, 0.4) is 0 Å². The minimum atomic E-state index is -0.389. The molecule has 7 heteroatoms. The van der Waals surface area contributed by atoms with Crippen LogP contribution < -0.4 is 9.47 Å². The number of para-hydroxylation sites is 1. The summed E-state index contributed by atoms with van der Waals surface area (Å²) < 4.78 is 26.4. The minimum absolute atomic E-state index is 0.268. The maximum absolute atomic E-state index is 14.0. The third kappa shape index (κ3) is 2.05. The van der Waals surface area contributed by atoms with Crippen LogP contribution in [0.15, 0.2) is 43.0 Å². The molecule has 0 unspecified atom stereocenters. The molecule has 0 spiro atoms. The summed E-state index contributed by atoms with van der Waals surface area (Å²) in [7, 11) is 3.14. The highest BCUT2D eigenvalue weighted by atomic mass is 19.1. The van der Waals surface area contributed by atoms with Crippen molar-refractivity contribution < 1.29 is 13.9 Å². The Kier molecular flexibility index (Phi) is 3.26. The van der Waals surface area contributed by atoms with Gasteiger partial charge >= 0.3 is 0 Å². The average Bonchev–Trinajstić information content (AvgIpc) is 3.03. The molecule has 2 aromatic carbocycles. The summed E-state index contributed by atoms with van der Waals surface area (Å²) in [6, 6.07) is 8.38. The molecule has 6 nitrogen and oxygen atoms in total. The Hall–Kier alpha value is -3.22. The van der Waals surface area contributed by atoms with E-state index in [1.54, 1.807) is 43.3 Å². The Labute approximate surface area is 136 Å². The fourth-order valence-corrected chi connectivity index (χ4v) is 2.73. The Morgan fingerprint density at radius 2 is 1.79 bits per heavy atom. The number of halogens is 1. The smallest absolute Gasteiger partial charge is 0.163 e. The Morgan fingerprint density at radius 1 is 1.00 bits per heavy atom. The number of methoxy groups -OCH3 is 2. The number of fused-ring (bicyclic) bond motifs is 2. The van der Waals surface area contributed by atoms with Gasteiger partial charge in [-0.2, -0.15) is 0 Å². The van der Waals surface area contributed by atoms with Gasteiger partial charge in [0.2, 0.25) is 0 Å². The van der Waals surface area contributed by atoms with Crippen molar-refractivity contribution >= 4 is 21.9 Å². The second kappa shape index (κ2) is 5.45. The zero-order chi connectivity index (χ0) is 16.7. The van der Waals surface area contributed by atoms with E-state index in [1.807, 2.05) is 6.07 Å². The Morgan fingerprint density at radius 3 is 2.58 bits per heavy atom. The quantitative estimate of drug-likeness (QED) is 0.579. The van der Waals surface area contributed by atoms with Gasteiger partial charge in [-0.15, -0.1) is 0 Å². The summed E-state index contributed by atoms with van der Waals surface area (Å²) in [6.07, 6.45) is 2.98. The van der Waals surface area contributed by atoms with Gasteiger partial charge in [0.05, 0.1) is 25.3 Å². The van der Waals surface area contributed by atoms with E-state index in [0.717, 1.165) is 11.0 Å². The number of imidazole rings is 1. The highest BCUT2D eigenvalue weighted by molar-refractivity contribution is 5.89. The van der Waals surface area contributed by atoms with Gasteiger partial charge in [0, 0.05) is 17.5 Å². The number of rotatable bonds is 3. The van der Waals surface area contributed by atoms with Gasteiger partial charge in [-0.3, -0.25) is 4.57 Å². The van der Waals surface area contributed by atoms with E-state index in [-0.39, 0.29) is 11.3 Å².